The van der Waals surface area contributed by atoms with Crippen molar-refractivity contribution in [3.8, 4) is 0 Å². The maximum atomic E-state index is 6.28. The molecule has 0 bridgehead atoms. The van der Waals surface area contributed by atoms with Gasteiger partial charge in [-0.3, -0.25) is 0 Å². The van der Waals surface area contributed by atoms with Gasteiger partial charge in [-0.1, -0.05) is 27.7 Å². The minimum atomic E-state index is 0.388. The summed E-state index contributed by atoms with van der Waals surface area (Å²) in [6.07, 6.45) is 3.82. The Morgan fingerprint density at radius 1 is 1.19 bits per heavy atom. The van der Waals surface area contributed by atoms with E-state index in [0.717, 1.165) is 17.8 Å². The van der Waals surface area contributed by atoms with Gasteiger partial charge in [-0.25, -0.2) is 0 Å². The monoisotopic (exact) mass is 226 g/mol. The normalized spacial score (nSPS) is 31.7. The lowest BCUT2D eigenvalue weighted by atomic mass is 9.76. The predicted octanol–water partition coefficient (Wildman–Crippen LogP) is 2.73. The van der Waals surface area contributed by atoms with Crippen LogP contribution < -0.4 is 5.73 Å². The Kier molecular flexibility index (Phi) is 5.26. The van der Waals surface area contributed by atoms with Crippen LogP contribution in [0.4, 0.5) is 0 Å². The van der Waals surface area contributed by atoms with Crippen molar-refractivity contribution >= 4 is 0 Å². The molecule has 3 unspecified atom stereocenters. The molecule has 0 aromatic carbocycles. The molecule has 0 spiro atoms. The molecule has 0 radical (unpaired) electrons. The van der Waals surface area contributed by atoms with Crippen LogP contribution in [0, 0.1) is 17.8 Å². The SMILES string of the molecule is CC(C)CN(C)C1CC(C(C)C)CCC1N. The van der Waals surface area contributed by atoms with E-state index < -0.39 is 0 Å². The molecule has 16 heavy (non-hydrogen) atoms. The van der Waals surface area contributed by atoms with Crippen molar-refractivity contribution in [1.29, 1.82) is 0 Å². The molecular weight excluding hydrogens is 196 g/mol. The van der Waals surface area contributed by atoms with Crippen LogP contribution >= 0.6 is 0 Å². The molecular formula is C14H30N2. The first-order valence-electron chi connectivity index (χ1n) is 6.87. The molecule has 1 aliphatic carbocycles. The Morgan fingerprint density at radius 2 is 1.81 bits per heavy atom. The highest BCUT2D eigenvalue weighted by Gasteiger charge is 2.32. The average molecular weight is 226 g/mol. The molecule has 0 heterocycles. The van der Waals surface area contributed by atoms with Crippen molar-refractivity contribution in [3.63, 3.8) is 0 Å². The zero-order valence-electron chi connectivity index (χ0n) is 11.7. The Hall–Kier alpha value is -0.0800. The summed E-state index contributed by atoms with van der Waals surface area (Å²) in [5.41, 5.74) is 6.28. The van der Waals surface area contributed by atoms with Crippen LogP contribution in [0.15, 0.2) is 0 Å². The lowest BCUT2D eigenvalue weighted by Gasteiger charge is -2.41. The maximum absolute atomic E-state index is 6.28. The highest BCUT2D eigenvalue weighted by molar-refractivity contribution is 4.89. The summed E-state index contributed by atoms with van der Waals surface area (Å²) in [5, 5.41) is 0. The lowest BCUT2D eigenvalue weighted by Crippen LogP contribution is -2.51. The lowest BCUT2D eigenvalue weighted by molar-refractivity contribution is 0.109. The first kappa shape index (κ1) is 14.0. The van der Waals surface area contributed by atoms with Gasteiger partial charge in [0, 0.05) is 18.6 Å². The molecule has 0 amide bonds. The summed E-state index contributed by atoms with van der Waals surface area (Å²) < 4.78 is 0. The van der Waals surface area contributed by atoms with Crippen molar-refractivity contribution < 1.29 is 0 Å². The third-order valence-corrected chi connectivity index (χ3v) is 4.07. The van der Waals surface area contributed by atoms with Crippen molar-refractivity contribution in [2.24, 2.45) is 23.5 Å². The van der Waals surface area contributed by atoms with E-state index in [1.54, 1.807) is 0 Å². The Labute approximate surface area is 102 Å². The quantitative estimate of drug-likeness (QED) is 0.798. The van der Waals surface area contributed by atoms with Crippen LogP contribution in [0.1, 0.15) is 47.0 Å². The van der Waals surface area contributed by atoms with Crippen LogP contribution in [0.3, 0.4) is 0 Å². The van der Waals surface area contributed by atoms with Gasteiger partial charge in [0.05, 0.1) is 0 Å². The largest absolute Gasteiger partial charge is 0.326 e. The van der Waals surface area contributed by atoms with Crippen LogP contribution in [0.5, 0.6) is 0 Å². The van der Waals surface area contributed by atoms with E-state index in [1.807, 2.05) is 0 Å². The van der Waals surface area contributed by atoms with Gasteiger partial charge in [-0.05, 0) is 44.1 Å². The summed E-state index contributed by atoms with van der Waals surface area (Å²) in [6, 6.07) is 0.988. The van der Waals surface area contributed by atoms with Gasteiger partial charge >= 0.3 is 0 Å². The molecule has 96 valence electrons. The van der Waals surface area contributed by atoms with Gasteiger partial charge in [0.15, 0.2) is 0 Å². The molecule has 1 saturated carbocycles. The summed E-state index contributed by atoms with van der Waals surface area (Å²) >= 11 is 0. The molecule has 3 atom stereocenters. The van der Waals surface area contributed by atoms with Gasteiger partial charge < -0.3 is 10.6 Å². The second-order valence-electron chi connectivity index (χ2n) is 6.38. The minimum Gasteiger partial charge on any atom is -0.326 e. The smallest absolute Gasteiger partial charge is 0.0246 e. The van der Waals surface area contributed by atoms with E-state index in [0.29, 0.717) is 12.1 Å². The molecule has 2 N–H and O–H groups in total. The maximum Gasteiger partial charge on any atom is 0.0246 e. The van der Waals surface area contributed by atoms with Crippen LogP contribution in [0.25, 0.3) is 0 Å². The van der Waals surface area contributed by atoms with E-state index in [9.17, 15) is 0 Å². The molecule has 0 saturated heterocycles. The summed E-state index contributed by atoms with van der Waals surface area (Å²) in [6.45, 7) is 10.4. The molecule has 0 aromatic rings. The summed E-state index contributed by atoms with van der Waals surface area (Å²) in [4.78, 5) is 2.49. The molecule has 0 aromatic heterocycles. The Balaban J connectivity index is 2.55. The van der Waals surface area contributed by atoms with Crippen molar-refractivity contribution in [3.05, 3.63) is 0 Å². The van der Waals surface area contributed by atoms with Crippen LogP contribution in [-0.4, -0.2) is 30.6 Å². The molecule has 2 heteroatoms. The fourth-order valence-electron chi connectivity index (χ4n) is 3.03. The predicted molar refractivity (Wildman–Crippen MR) is 71.4 cm³/mol. The first-order chi connectivity index (χ1) is 7.41. The number of rotatable bonds is 4. The van der Waals surface area contributed by atoms with E-state index in [2.05, 4.69) is 39.6 Å². The van der Waals surface area contributed by atoms with E-state index in [4.69, 9.17) is 5.73 Å². The molecule has 0 aliphatic heterocycles. The number of hydrogen-bond donors (Lipinski definition) is 1. The number of nitrogens with zero attached hydrogens (tertiary/aromatic N) is 1. The third-order valence-electron chi connectivity index (χ3n) is 4.07. The van der Waals surface area contributed by atoms with E-state index in [-0.39, 0.29) is 0 Å². The number of likely N-dealkylation sites (N-methyl/N-ethyl adjacent to an activating group) is 1. The van der Waals surface area contributed by atoms with Crippen LogP contribution in [0.2, 0.25) is 0 Å². The highest BCUT2D eigenvalue weighted by atomic mass is 15.1. The molecule has 1 aliphatic rings. The topological polar surface area (TPSA) is 29.3 Å². The third kappa shape index (κ3) is 3.74. The van der Waals surface area contributed by atoms with Crippen LogP contribution in [-0.2, 0) is 0 Å². The van der Waals surface area contributed by atoms with Gasteiger partial charge in [0.25, 0.3) is 0 Å². The second-order valence-corrected chi connectivity index (χ2v) is 6.38. The van der Waals surface area contributed by atoms with Gasteiger partial charge in [0.1, 0.15) is 0 Å². The standard InChI is InChI=1S/C14H30N2/c1-10(2)9-16(5)14-8-12(11(3)4)6-7-13(14)15/h10-14H,6-9,15H2,1-5H3. The van der Waals surface area contributed by atoms with Gasteiger partial charge in [0.2, 0.25) is 0 Å². The van der Waals surface area contributed by atoms with Crippen molar-refractivity contribution in [2.45, 2.75) is 59.0 Å². The minimum absolute atomic E-state index is 0.388. The van der Waals surface area contributed by atoms with Gasteiger partial charge in [-0.15, -0.1) is 0 Å². The second kappa shape index (κ2) is 6.02. The number of nitrogens with two attached hydrogens (primary N) is 1. The molecule has 2 nitrogen and oxygen atoms in total. The van der Waals surface area contributed by atoms with Gasteiger partial charge in [-0.2, -0.15) is 0 Å². The van der Waals surface area contributed by atoms with E-state index in [1.165, 1.54) is 25.8 Å². The van der Waals surface area contributed by atoms with Crippen molar-refractivity contribution in [2.75, 3.05) is 13.6 Å². The molecule has 1 fully saturated rings. The average Bonchev–Trinajstić information content (AvgIpc) is 2.16. The fraction of sp³-hybridized carbons (Fsp3) is 1.00. The van der Waals surface area contributed by atoms with Crippen molar-refractivity contribution in [1.82, 2.24) is 4.90 Å². The Bertz CT molecular complexity index is 201. The fourth-order valence-corrected chi connectivity index (χ4v) is 3.03. The number of hydrogen-bond acceptors (Lipinski definition) is 2. The summed E-state index contributed by atoms with van der Waals surface area (Å²) in [7, 11) is 2.24. The summed E-state index contributed by atoms with van der Waals surface area (Å²) in [5.74, 6) is 2.42. The zero-order valence-corrected chi connectivity index (χ0v) is 11.7. The first-order valence-corrected chi connectivity index (χ1v) is 6.87. The zero-order chi connectivity index (χ0) is 12.3. The Morgan fingerprint density at radius 3 is 2.31 bits per heavy atom. The molecule has 1 rings (SSSR count). The van der Waals surface area contributed by atoms with E-state index >= 15 is 0 Å². The highest BCUT2D eigenvalue weighted by Crippen LogP contribution is 2.31.